The second-order valence-corrected chi connectivity index (χ2v) is 14.0. The number of benzene rings is 2. The summed E-state index contributed by atoms with van der Waals surface area (Å²) in [6, 6.07) is 16.6. The van der Waals surface area contributed by atoms with Crippen LogP contribution >= 0.6 is 22.6 Å². The van der Waals surface area contributed by atoms with Gasteiger partial charge in [0.2, 0.25) is 0 Å². The molecule has 14 heteroatoms. The quantitative estimate of drug-likeness (QED) is 0.0445. The maximum Gasteiger partial charge on any atom is 0.409 e. The zero-order valence-corrected chi connectivity index (χ0v) is 35.7. The topological polar surface area (TPSA) is 122 Å². The molecule has 13 nitrogen and oxygen atoms in total. The summed E-state index contributed by atoms with van der Waals surface area (Å²) in [4.78, 5) is 14.2. The highest BCUT2D eigenvalue weighted by atomic mass is 127. The predicted octanol–water partition coefficient (Wildman–Crippen LogP) is 6.03. The number of hydrogen-bond donors (Lipinski definition) is 0. The van der Waals surface area contributed by atoms with Gasteiger partial charge in [0, 0.05) is 26.1 Å². The van der Waals surface area contributed by atoms with E-state index in [1.54, 1.807) is 7.05 Å². The Morgan fingerprint density at radius 3 is 1.21 bits per heavy atom. The van der Waals surface area contributed by atoms with E-state index >= 15 is 0 Å². The van der Waals surface area contributed by atoms with E-state index in [1.165, 1.54) is 50.8 Å². The lowest BCUT2D eigenvalue weighted by Crippen LogP contribution is -2.32. The first-order chi connectivity index (χ1) is 27.7. The van der Waals surface area contributed by atoms with Crippen LogP contribution in [0.2, 0.25) is 0 Å². The molecule has 1 aliphatic rings. The van der Waals surface area contributed by atoms with Gasteiger partial charge in [-0.25, -0.2) is 4.79 Å². The molecule has 0 radical (unpaired) electrons. The van der Waals surface area contributed by atoms with Crippen molar-refractivity contribution >= 4 is 28.7 Å². The molecule has 1 aliphatic carbocycles. The molecule has 0 saturated heterocycles. The minimum atomic E-state index is -0.362. The molecule has 0 N–H and O–H groups in total. The van der Waals surface area contributed by atoms with Crippen molar-refractivity contribution in [1.82, 2.24) is 4.90 Å². The lowest BCUT2D eigenvalue weighted by molar-refractivity contribution is -0.0266. The summed E-state index contributed by atoms with van der Waals surface area (Å²) in [5.74, 6) is 0.0401. The Balaban J connectivity index is 0.961. The number of rotatable bonds is 38. The molecule has 0 aromatic heterocycles. The first-order valence-electron chi connectivity index (χ1n) is 20.1. The fourth-order valence-corrected chi connectivity index (χ4v) is 6.27. The van der Waals surface area contributed by atoms with E-state index in [0.29, 0.717) is 139 Å². The number of fused-ring (bicyclic) bond motifs is 3. The fourth-order valence-electron chi connectivity index (χ4n) is 5.73. The first-order valence-corrected chi connectivity index (χ1v) is 21.6. The Morgan fingerprint density at radius 2 is 0.821 bits per heavy atom. The van der Waals surface area contributed by atoms with Crippen molar-refractivity contribution in [3.05, 3.63) is 59.7 Å². The molecule has 2 aromatic rings. The standard InChI is InChI=1S/C42H66INO12/c1-44(42(45)56-36-41-39-12-6-4-10-37(39)38-11-5-7-13-40(38)41)15-17-47-19-21-49-23-25-51-27-29-53-31-33-55-35-34-54-32-30-52-28-26-50-24-22-48-20-18-46-16-9-3-2-8-14-43/h4-7,10-13,41H,2-3,8-9,14-36H2,1H3. The molecule has 318 valence electrons. The van der Waals surface area contributed by atoms with Gasteiger partial charge < -0.3 is 57.0 Å². The first kappa shape index (κ1) is 48.4. The fraction of sp³-hybridized carbons (Fsp3) is 0.690. The van der Waals surface area contributed by atoms with Gasteiger partial charge in [0.05, 0.1) is 126 Å². The van der Waals surface area contributed by atoms with Gasteiger partial charge in [-0.3, -0.25) is 0 Å². The number of nitrogens with zero attached hydrogens (tertiary/aromatic N) is 1. The maximum absolute atomic E-state index is 12.6. The third-order valence-corrected chi connectivity index (χ3v) is 9.50. The Bertz CT molecular complexity index is 1200. The van der Waals surface area contributed by atoms with Crippen LogP contribution in [-0.4, -0.2) is 168 Å². The van der Waals surface area contributed by atoms with Crippen LogP contribution in [0.5, 0.6) is 0 Å². The molecule has 0 fully saturated rings. The van der Waals surface area contributed by atoms with Crippen LogP contribution in [0.15, 0.2) is 48.5 Å². The summed E-state index contributed by atoms with van der Waals surface area (Å²) in [5.41, 5.74) is 4.80. The van der Waals surface area contributed by atoms with E-state index < -0.39 is 0 Å². The predicted molar refractivity (Wildman–Crippen MR) is 223 cm³/mol. The van der Waals surface area contributed by atoms with Gasteiger partial charge in [-0.15, -0.1) is 0 Å². The SMILES string of the molecule is CN(CCOCCOCCOCCOCCOCCOCCOCCOCCOCCOCCCCCCI)C(=O)OCC1c2ccccc2-c2ccccc21. The van der Waals surface area contributed by atoms with Gasteiger partial charge in [0.25, 0.3) is 0 Å². The van der Waals surface area contributed by atoms with E-state index in [0.717, 1.165) is 13.0 Å². The maximum atomic E-state index is 12.6. The monoisotopic (exact) mass is 903 g/mol. The van der Waals surface area contributed by atoms with Crippen LogP contribution < -0.4 is 0 Å². The van der Waals surface area contributed by atoms with Crippen LogP contribution in [0.25, 0.3) is 11.1 Å². The van der Waals surface area contributed by atoms with E-state index in [-0.39, 0.29) is 12.0 Å². The summed E-state index contributed by atoms with van der Waals surface area (Å²) in [6.45, 7) is 11.2. The van der Waals surface area contributed by atoms with Gasteiger partial charge in [-0.1, -0.05) is 84.0 Å². The number of halogens is 1. The number of alkyl halides is 1. The van der Waals surface area contributed by atoms with Crippen molar-refractivity contribution in [3.63, 3.8) is 0 Å². The molecule has 0 aliphatic heterocycles. The molecular formula is C42H66INO12. The average molecular weight is 904 g/mol. The molecule has 0 heterocycles. The van der Waals surface area contributed by atoms with Gasteiger partial charge in [-0.2, -0.15) is 0 Å². The van der Waals surface area contributed by atoms with Crippen LogP contribution in [0, 0.1) is 0 Å². The zero-order chi connectivity index (χ0) is 39.6. The second kappa shape index (κ2) is 34.0. The molecule has 0 atom stereocenters. The van der Waals surface area contributed by atoms with Gasteiger partial charge in [0.1, 0.15) is 6.61 Å². The van der Waals surface area contributed by atoms with Crippen molar-refractivity contribution in [2.75, 3.05) is 157 Å². The number of hydrogen-bond acceptors (Lipinski definition) is 12. The number of likely N-dealkylation sites (N-methyl/N-ethyl adjacent to an activating group) is 1. The summed E-state index contributed by atoms with van der Waals surface area (Å²) < 4.78 is 62.3. The molecule has 0 bridgehead atoms. The molecule has 2 aromatic carbocycles. The Kier molecular flexibility index (Phi) is 29.4. The van der Waals surface area contributed by atoms with Crippen molar-refractivity contribution in [2.24, 2.45) is 0 Å². The van der Waals surface area contributed by atoms with E-state index in [1.807, 2.05) is 24.3 Å². The van der Waals surface area contributed by atoms with Crippen LogP contribution in [0.1, 0.15) is 42.7 Å². The molecular weight excluding hydrogens is 837 g/mol. The number of amides is 1. The van der Waals surface area contributed by atoms with Crippen molar-refractivity contribution < 1.29 is 56.9 Å². The smallest absolute Gasteiger partial charge is 0.409 e. The summed E-state index contributed by atoms with van der Waals surface area (Å²) in [7, 11) is 1.72. The highest BCUT2D eigenvalue weighted by Crippen LogP contribution is 2.44. The van der Waals surface area contributed by atoms with E-state index in [2.05, 4.69) is 46.9 Å². The number of carbonyl (C=O) groups is 1. The summed E-state index contributed by atoms with van der Waals surface area (Å²) in [5, 5.41) is 0. The molecule has 0 unspecified atom stereocenters. The van der Waals surface area contributed by atoms with Crippen molar-refractivity contribution in [3.8, 4) is 11.1 Å². The van der Waals surface area contributed by atoms with Gasteiger partial charge >= 0.3 is 6.09 Å². The Labute approximate surface area is 348 Å². The summed E-state index contributed by atoms with van der Waals surface area (Å²) in [6.07, 6.45) is 4.60. The van der Waals surface area contributed by atoms with Gasteiger partial charge in [0.15, 0.2) is 0 Å². The Morgan fingerprint density at radius 1 is 0.482 bits per heavy atom. The third-order valence-electron chi connectivity index (χ3n) is 8.74. The number of carbonyl (C=O) groups excluding carboxylic acids is 1. The molecule has 0 saturated carbocycles. The molecule has 56 heavy (non-hydrogen) atoms. The number of unbranched alkanes of at least 4 members (excludes halogenated alkanes) is 3. The largest absolute Gasteiger partial charge is 0.448 e. The highest BCUT2D eigenvalue weighted by Gasteiger charge is 2.29. The zero-order valence-electron chi connectivity index (χ0n) is 33.5. The number of ether oxygens (including phenoxy) is 11. The lowest BCUT2D eigenvalue weighted by Gasteiger charge is -2.19. The van der Waals surface area contributed by atoms with Crippen LogP contribution in [0.3, 0.4) is 0 Å². The second-order valence-electron chi connectivity index (χ2n) is 13.0. The molecule has 3 rings (SSSR count). The Hall–Kier alpha value is -1.96. The molecule has 1 amide bonds. The minimum Gasteiger partial charge on any atom is -0.448 e. The lowest BCUT2D eigenvalue weighted by atomic mass is 9.98. The van der Waals surface area contributed by atoms with Gasteiger partial charge in [-0.05, 0) is 39.5 Å². The van der Waals surface area contributed by atoms with Crippen LogP contribution in [-0.2, 0) is 52.1 Å². The molecule has 0 spiro atoms. The normalized spacial score (nSPS) is 12.2. The third kappa shape index (κ3) is 22.3. The average Bonchev–Trinajstić information content (AvgIpc) is 3.54. The highest BCUT2D eigenvalue weighted by molar-refractivity contribution is 14.1. The van der Waals surface area contributed by atoms with Crippen molar-refractivity contribution in [2.45, 2.75) is 31.6 Å². The van der Waals surface area contributed by atoms with E-state index in [9.17, 15) is 4.79 Å². The van der Waals surface area contributed by atoms with Crippen LogP contribution in [0.4, 0.5) is 4.79 Å². The van der Waals surface area contributed by atoms with Crippen molar-refractivity contribution in [1.29, 1.82) is 0 Å². The van der Waals surface area contributed by atoms with E-state index in [4.69, 9.17) is 52.1 Å². The summed E-state index contributed by atoms with van der Waals surface area (Å²) >= 11 is 2.42. The minimum absolute atomic E-state index is 0.0401.